The molecule has 0 fully saturated rings. The molecule has 3 N–H and O–H groups in total. The molecule has 1 aliphatic rings. The first-order chi connectivity index (χ1) is 14.1. The summed E-state index contributed by atoms with van der Waals surface area (Å²) in [5.74, 6) is -2.02. The Hall–Kier alpha value is -3.00. The Labute approximate surface area is 173 Å². The molecule has 30 heavy (non-hydrogen) atoms. The molecule has 1 atom stereocenters. The van der Waals surface area contributed by atoms with E-state index in [4.69, 9.17) is 10.5 Å². The summed E-state index contributed by atoms with van der Waals surface area (Å²) >= 11 is 0. The number of carbonyl (C=O) groups excluding carboxylic acids is 1. The molecule has 8 heteroatoms. The molecule has 0 saturated heterocycles. The molecular weight excluding hydrogens is 392 g/mol. The highest BCUT2D eigenvalue weighted by Crippen LogP contribution is 2.43. The lowest BCUT2D eigenvalue weighted by molar-refractivity contribution is -0.161. The number of phenols is 1. The monoisotopic (exact) mass is 417 g/mol. The molecule has 1 unspecified atom stereocenters. The Bertz CT molecular complexity index is 988. The van der Waals surface area contributed by atoms with Gasteiger partial charge >= 0.3 is 0 Å². The van der Waals surface area contributed by atoms with Crippen molar-refractivity contribution in [1.82, 2.24) is 5.01 Å². The van der Waals surface area contributed by atoms with Crippen molar-refractivity contribution in [2.24, 2.45) is 16.3 Å². The molecule has 0 aliphatic carbocycles. The van der Waals surface area contributed by atoms with Crippen LogP contribution in [0.5, 0.6) is 5.75 Å². The molecule has 6 nitrogen and oxygen atoms in total. The number of nitrogens with two attached hydrogens (primary N) is 1. The summed E-state index contributed by atoms with van der Waals surface area (Å²) < 4.78 is 34.4. The highest BCUT2D eigenvalue weighted by molar-refractivity contribution is 5.97. The first-order valence-corrected chi connectivity index (χ1v) is 9.66. The van der Waals surface area contributed by atoms with Gasteiger partial charge in [-0.25, -0.2) is 8.78 Å². The number of phenolic OH excluding ortho intramolecular Hbond substituents is 1. The number of ether oxygens (including phenoxy) is 1. The zero-order chi connectivity index (χ0) is 22.1. The first-order valence-electron chi connectivity index (χ1n) is 9.66. The maximum atomic E-state index is 14.5. The van der Waals surface area contributed by atoms with E-state index in [1.165, 1.54) is 12.1 Å². The van der Waals surface area contributed by atoms with Crippen LogP contribution in [-0.4, -0.2) is 28.5 Å². The molecule has 2 aromatic rings. The topological polar surface area (TPSA) is 88.2 Å². The van der Waals surface area contributed by atoms with Crippen molar-refractivity contribution >= 4 is 11.8 Å². The van der Waals surface area contributed by atoms with Crippen LogP contribution < -0.4 is 5.73 Å². The van der Waals surface area contributed by atoms with Crippen LogP contribution in [0, 0.1) is 17.0 Å². The number of hydrogen-bond donors (Lipinski definition) is 2. The van der Waals surface area contributed by atoms with Crippen molar-refractivity contribution in [3.8, 4) is 5.75 Å². The lowest BCUT2D eigenvalue weighted by Gasteiger charge is -2.38. The number of halogens is 2. The van der Waals surface area contributed by atoms with Gasteiger partial charge in [0, 0.05) is 17.4 Å². The van der Waals surface area contributed by atoms with Crippen LogP contribution in [0.2, 0.25) is 0 Å². The number of hydrazone groups is 1. The summed E-state index contributed by atoms with van der Waals surface area (Å²) in [5.41, 5.74) is 3.66. The van der Waals surface area contributed by atoms with Crippen molar-refractivity contribution in [3.05, 3.63) is 65.2 Å². The van der Waals surface area contributed by atoms with Crippen LogP contribution in [0.4, 0.5) is 8.78 Å². The Morgan fingerprint density at radius 3 is 2.60 bits per heavy atom. The van der Waals surface area contributed by atoms with Gasteiger partial charge < -0.3 is 15.6 Å². The van der Waals surface area contributed by atoms with Gasteiger partial charge in [0.25, 0.3) is 5.91 Å². The van der Waals surface area contributed by atoms with E-state index in [9.17, 15) is 18.7 Å². The Kier molecular flexibility index (Phi) is 5.81. The second kappa shape index (κ2) is 8.02. The summed E-state index contributed by atoms with van der Waals surface area (Å²) in [4.78, 5) is 13.3. The van der Waals surface area contributed by atoms with Gasteiger partial charge in [-0.2, -0.15) is 5.01 Å². The Balaban J connectivity index is 2.21. The van der Waals surface area contributed by atoms with Gasteiger partial charge in [0.05, 0.1) is 5.56 Å². The van der Waals surface area contributed by atoms with Gasteiger partial charge in [0.1, 0.15) is 17.4 Å². The SMILES string of the molecule is CC(C)(C)C(=O)N1N=C(c2cc(F)ccc2F)OC1(CCCN)c1cccc(O)c1. The summed E-state index contributed by atoms with van der Waals surface area (Å²) in [6.07, 6.45) is 0.691. The summed E-state index contributed by atoms with van der Waals surface area (Å²) in [5, 5.41) is 15.5. The van der Waals surface area contributed by atoms with Crippen molar-refractivity contribution in [2.45, 2.75) is 39.3 Å². The zero-order valence-corrected chi connectivity index (χ0v) is 17.2. The lowest BCUT2D eigenvalue weighted by Crippen LogP contribution is -2.49. The summed E-state index contributed by atoms with van der Waals surface area (Å²) in [7, 11) is 0. The second-order valence-corrected chi connectivity index (χ2v) is 8.23. The molecule has 0 bridgehead atoms. The smallest absolute Gasteiger partial charge is 0.251 e. The predicted molar refractivity (Wildman–Crippen MR) is 108 cm³/mol. The van der Waals surface area contributed by atoms with Gasteiger partial charge in [-0.1, -0.05) is 32.9 Å². The maximum absolute atomic E-state index is 14.5. The molecule has 3 rings (SSSR count). The van der Waals surface area contributed by atoms with Crippen LogP contribution >= 0.6 is 0 Å². The number of hydrogen-bond acceptors (Lipinski definition) is 5. The van der Waals surface area contributed by atoms with E-state index in [0.29, 0.717) is 18.5 Å². The van der Waals surface area contributed by atoms with Gasteiger partial charge in [-0.3, -0.25) is 4.79 Å². The van der Waals surface area contributed by atoms with E-state index in [1.807, 2.05) is 0 Å². The lowest BCUT2D eigenvalue weighted by atomic mass is 9.91. The molecule has 0 saturated carbocycles. The first kappa shape index (κ1) is 21.7. The van der Waals surface area contributed by atoms with Crippen molar-refractivity contribution in [2.75, 3.05) is 6.54 Å². The predicted octanol–water partition coefficient (Wildman–Crippen LogP) is 3.83. The summed E-state index contributed by atoms with van der Waals surface area (Å²) in [6.45, 7) is 5.48. The fourth-order valence-corrected chi connectivity index (χ4v) is 3.27. The fraction of sp³-hybridized carbons (Fsp3) is 0.364. The molecule has 0 aromatic heterocycles. The van der Waals surface area contributed by atoms with Crippen LogP contribution in [0.1, 0.15) is 44.7 Å². The average molecular weight is 417 g/mol. The van der Waals surface area contributed by atoms with Crippen LogP contribution in [0.3, 0.4) is 0 Å². The molecular formula is C22H25F2N3O3. The fourth-order valence-electron chi connectivity index (χ4n) is 3.27. The van der Waals surface area contributed by atoms with Crippen molar-refractivity contribution in [3.63, 3.8) is 0 Å². The Morgan fingerprint density at radius 2 is 1.97 bits per heavy atom. The van der Waals surface area contributed by atoms with Crippen molar-refractivity contribution < 1.29 is 23.4 Å². The second-order valence-electron chi connectivity index (χ2n) is 8.23. The highest BCUT2D eigenvalue weighted by Gasteiger charge is 2.52. The maximum Gasteiger partial charge on any atom is 0.251 e. The van der Waals surface area contributed by atoms with Crippen LogP contribution in [0.25, 0.3) is 0 Å². The number of benzene rings is 2. The van der Waals surface area contributed by atoms with Gasteiger partial charge in [-0.15, -0.1) is 5.10 Å². The van der Waals surface area contributed by atoms with Crippen molar-refractivity contribution in [1.29, 1.82) is 0 Å². The third-order valence-electron chi connectivity index (χ3n) is 4.81. The average Bonchev–Trinajstić information content (AvgIpc) is 3.07. The van der Waals surface area contributed by atoms with Crippen LogP contribution in [0.15, 0.2) is 47.6 Å². The minimum Gasteiger partial charge on any atom is -0.508 e. The highest BCUT2D eigenvalue weighted by atomic mass is 19.1. The van der Waals surface area contributed by atoms with Gasteiger partial charge in [0.2, 0.25) is 11.6 Å². The minimum absolute atomic E-state index is 0.0308. The standard InChI is InChI=1S/C22H25F2N3O3/c1-21(2,3)20(29)27-22(10-5-11-25,14-6-4-7-16(28)12-14)30-19(26-27)17-13-15(23)8-9-18(17)24/h4,6-9,12-13,28H,5,10-11,25H2,1-3H3. The molecule has 0 spiro atoms. The van der Waals surface area contributed by atoms with E-state index >= 15 is 0 Å². The largest absolute Gasteiger partial charge is 0.508 e. The van der Waals surface area contributed by atoms with E-state index < -0.39 is 22.8 Å². The third-order valence-corrected chi connectivity index (χ3v) is 4.81. The molecule has 1 aliphatic heterocycles. The number of carbonyl (C=O) groups is 1. The summed E-state index contributed by atoms with van der Waals surface area (Å²) in [6, 6.07) is 9.16. The molecule has 0 radical (unpaired) electrons. The number of nitrogens with zero attached hydrogens (tertiary/aromatic N) is 2. The van der Waals surface area contributed by atoms with Gasteiger partial charge in [0.15, 0.2) is 0 Å². The molecule has 2 aromatic carbocycles. The van der Waals surface area contributed by atoms with E-state index in [-0.39, 0.29) is 29.5 Å². The third kappa shape index (κ3) is 4.00. The minimum atomic E-state index is -1.46. The van der Waals surface area contributed by atoms with E-state index in [2.05, 4.69) is 5.10 Å². The Morgan fingerprint density at radius 1 is 1.23 bits per heavy atom. The molecule has 160 valence electrons. The molecule has 1 amide bonds. The number of rotatable bonds is 5. The molecule has 1 heterocycles. The van der Waals surface area contributed by atoms with E-state index in [0.717, 1.165) is 23.2 Å². The zero-order valence-electron chi connectivity index (χ0n) is 17.2. The number of aromatic hydroxyl groups is 1. The normalized spacial score (nSPS) is 18.9. The van der Waals surface area contributed by atoms with Crippen LogP contribution in [-0.2, 0) is 15.3 Å². The number of amides is 1. The quantitative estimate of drug-likeness (QED) is 0.774. The van der Waals surface area contributed by atoms with Gasteiger partial charge in [-0.05, 0) is 43.3 Å². The van der Waals surface area contributed by atoms with E-state index in [1.54, 1.807) is 32.9 Å².